The molecular weight excluding hydrogens is 458 g/mol. The number of rotatable bonds is 8. The van der Waals surface area contributed by atoms with Crippen molar-refractivity contribution >= 4 is 34.5 Å². The normalized spacial score (nSPS) is 13.8. The van der Waals surface area contributed by atoms with E-state index in [1.165, 1.54) is 17.8 Å². The number of nitrogens with one attached hydrogen (secondary N) is 1. The van der Waals surface area contributed by atoms with Crippen molar-refractivity contribution in [2.45, 2.75) is 44.7 Å². The number of ether oxygens (including phenoxy) is 1. The summed E-state index contributed by atoms with van der Waals surface area (Å²) in [5.74, 6) is 0.633. The second-order valence-electron chi connectivity index (χ2n) is 9.12. The van der Waals surface area contributed by atoms with Gasteiger partial charge >= 0.3 is 0 Å². The molecule has 3 aromatic rings. The quantitative estimate of drug-likeness (QED) is 0.417. The molecule has 1 heterocycles. The number of hydrogen-bond acceptors (Lipinski definition) is 5. The van der Waals surface area contributed by atoms with E-state index in [0.29, 0.717) is 17.0 Å². The first-order chi connectivity index (χ1) is 17.0. The van der Waals surface area contributed by atoms with Crippen molar-refractivity contribution in [3.05, 3.63) is 76.0 Å². The minimum absolute atomic E-state index is 0.0253. The lowest BCUT2D eigenvalue weighted by atomic mass is 9.93. The van der Waals surface area contributed by atoms with E-state index in [1.807, 2.05) is 79.0 Å². The van der Waals surface area contributed by atoms with Crippen LogP contribution in [0.25, 0.3) is 0 Å². The third kappa shape index (κ3) is 6.03. The second-order valence-corrected chi connectivity index (χ2v) is 10.1. The van der Waals surface area contributed by atoms with E-state index in [4.69, 9.17) is 4.74 Å². The van der Waals surface area contributed by atoms with Crippen LogP contribution in [0.15, 0.2) is 60.0 Å². The van der Waals surface area contributed by atoms with Crippen molar-refractivity contribution < 1.29 is 14.3 Å². The minimum atomic E-state index is -0.123. The predicted octanol–water partition coefficient (Wildman–Crippen LogP) is 6.05. The van der Waals surface area contributed by atoms with Crippen LogP contribution >= 0.6 is 11.3 Å². The molecule has 1 aliphatic rings. The maximum Gasteiger partial charge on any atom is 0.265 e. The minimum Gasteiger partial charge on any atom is -0.497 e. The van der Waals surface area contributed by atoms with E-state index in [-0.39, 0.29) is 17.9 Å². The van der Waals surface area contributed by atoms with Gasteiger partial charge in [0.2, 0.25) is 0 Å². The van der Waals surface area contributed by atoms with Crippen molar-refractivity contribution in [2.75, 3.05) is 31.4 Å². The molecule has 1 aromatic heterocycles. The van der Waals surface area contributed by atoms with E-state index in [0.717, 1.165) is 48.4 Å². The van der Waals surface area contributed by atoms with Crippen LogP contribution in [0.5, 0.6) is 5.75 Å². The Kier molecular flexibility index (Phi) is 8.08. The average molecular weight is 492 g/mol. The standard InChI is InChI=1S/C28H33N3O3S/c1-30(2)25-16-13-22(29-27(32)26-10-7-17-35-26)18-21(25)19-31(23-8-5-4-6-9-23)28(33)20-11-14-24(34-3)15-12-20/h7,10-18,23H,4-6,8-9,19H2,1-3H3,(H,29,32). The molecule has 0 spiro atoms. The van der Waals surface area contributed by atoms with Gasteiger partial charge in [0.1, 0.15) is 5.75 Å². The number of anilines is 2. The molecule has 0 radical (unpaired) electrons. The van der Waals surface area contributed by atoms with Gasteiger partial charge in [0.05, 0.1) is 12.0 Å². The molecule has 35 heavy (non-hydrogen) atoms. The van der Waals surface area contributed by atoms with Crippen molar-refractivity contribution in [1.29, 1.82) is 0 Å². The summed E-state index contributed by atoms with van der Waals surface area (Å²) in [5, 5.41) is 4.90. The monoisotopic (exact) mass is 491 g/mol. The van der Waals surface area contributed by atoms with E-state index in [9.17, 15) is 9.59 Å². The van der Waals surface area contributed by atoms with Crippen molar-refractivity contribution in [3.63, 3.8) is 0 Å². The van der Waals surface area contributed by atoms with Gasteiger partial charge in [-0.2, -0.15) is 0 Å². The number of amides is 2. The highest BCUT2D eigenvalue weighted by Crippen LogP contribution is 2.30. The summed E-state index contributed by atoms with van der Waals surface area (Å²) in [6.45, 7) is 0.478. The summed E-state index contributed by atoms with van der Waals surface area (Å²) in [4.78, 5) is 31.1. The lowest BCUT2D eigenvalue weighted by Gasteiger charge is -2.35. The fourth-order valence-electron chi connectivity index (χ4n) is 4.67. The molecule has 1 saturated carbocycles. The Balaban J connectivity index is 1.64. The van der Waals surface area contributed by atoms with Gasteiger partial charge in [-0.3, -0.25) is 9.59 Å². The molecule has 184 valence electrons. The van der Waals surface area contributed by atoms with Gasteiger partial charge in [-0.05, 0) is 72.3 Å². The molecular formula is C28H33N3O3S. The first-order valence-electron chi connectivity index (χ1n) is 12.1. The highest BCUT2D eigenvalue weighted by molar-refractivity contribution is 7.12. The molecule has 0 atom stereocenters. The van der Waals surface area contributed by atoms with Crippen LogP contribution in [0.3, 0.4) is 0 Å². The zero-order valence-electron chi connectivity index (χ0n) is 20.6. The molecule has 4 rings (SSSR count). The summed E-state index contributed by atoms with van der Waals surface area (Å²) < 4.78 is 5.27. The van der Waals surface area contributed by atoms with Gasteiger partial charge < -0.3 is 19.9 Å². The molecule has 2 amide bonds. The Labute approximate surface area is 211 Å². The Bertz CT molecular complexity index is 1140. The van der Waals surface area contributed by atoms with Gasteiger partial charge in [-0.25, -0.2) is 0 Å². The summed E-state index contributed by atoms with van der Waals surface area (Å²) >= 11 is 1.41. The van der Waals surface area contributed by atoms with Gasteiger partial charge in [0.25, 0.3) is 11.8 Å². The van der Waals surface area contributed by atoms with Gasteiger partial charge in [-0.1, -0.05) is 25.3 Å². The zero-order chi connectivity index (χ0) is 24.8. The Morgan fingerprint density at radius 3 is 2.40 bits per heavy atom. The maximum absolute atomic E-state index is 13.8. The molecule has 1 N–H and O–H groups in total. The predicted molar refractivity (Wildman–Crippen MR) is 143 cm³/mol. The molecule has 0 unspecified atom stereocenters. The van der Waals surface area contributed by atoms with Crippen LogP contribution in [0.2, 0.25) is 0 Å². The summed E-state index contributed by atoms with van der Waals surface area (Å²) in [7, 11) is 5.62. The van der Waals surface area contributed by atoms with Crippen LogP contribution in [-0.4, -0.2) is 44.0 Å². The summed E-state index contributed by atoms with van der Waals surface area (Å²) in [6, 6.07) is 17.1. The molecule has 1 fully saturated rings. The third-order valence-corrected chi connectivity index (χ3v) is 7.39. The molecule has 2 aromatic carbocycles. The van der Waals surface area contributed by atoms with Crippen LogP contribution in [0, 0.1) is 0 Å². The number of benzene rings is 2. The number of methoxy groups -OCH3 is 1. The molecule has 0 bridgehead atoms. The maximum atomic E-state index is 13.8. The molecule has 6 nitrogen and oxygen atoms in total. The topological polar surface area (TPSA) is 61.9 Å². The summed E-state index contributed by atoms with van der Waals surface area (Å²) in [5.41, 5.74) is 3.42. The molecule has 1 aliphatic carbocycles. The lowest BCUT2D eigenvalue weighted by Crippen LogP contribution is -2.41. The van der Waals surface area contributed by atoms with E-state index < -0.39 is 0 Å². The second kappa shape index (κ2) is 11.4. The zero-order valence-corrected chi connectivity index (χ0v) is 21.4. The molecule has 7 heteroatoms. The third-order valence-electron chi connectivity index (χ3n) is 6.52. The highest BCUT2D eigenvalue weighted by Gasteiger charge is 2.27. The Morgan fingerprint density at radius 1 is 1.03 bits per heavy atom. The van der Waals surface area contributed by atoms with Gasteiger partial charge in [-0.15, -0.1) is 11.3 Å². The Morgan fingerprint density at radius 2 is 1.77 bits per heavy atom. The Hall–Kier alpha value is -3.32. The number of carbonyl (C=O) groups excluding carboxylic acids is 2. The van der Waals surface area contributed by atoms with Crippen LogP contribution < -0.4 is 15.0 Å². The highest BCUT2D eigenvalue weighted by atomic mass is 32.1. The summed E-state index contributed by atoms with van der Waals surface area (Å²) in [6.07, 6.45) is 5.50. The SMILES string of the molecule is COc1ccc(C(=O)N(Cc2cc(NC(=O)c3cccs3)ccc2N(C)C)C2CCCCC2)cc1. The first-order valence-corrected chi connectivity index (χ1v) is 12.9. The van der Waals surface area contributed by atoms with Crippen LogP contribution in [0.4, 0.5) is 11.4 Å². The fourth-order valence-corrected chi connectivity index (χ4v) is 5.29. The van der Waals surface area contributed by atoms with E-state index in [2.05, 4.69) is 10.2 Å². The van der Waals surface area contributed by atoms with Crippen molar-refractivity contribution in [2.24, 2.45) is 0 Å². The number of carbonyl (C=O) groups is 2. The lowest BCUT2D eigenvalue weighted by molar-refractivity contribution is 0.0614. The van der Waals surface area contributed by atoms with Gasteiger partial charge in [0, 0.05) is 43.6 Å². The fraction of sp³-hybridized carbons (Fsp3) is 0.357. The molecule has 0 aliphatic heterocycles. The smallest absolute Gasteiger partial charge is 0.265 e. The number of thiophene rings is 1. The number of nitrogens with zero attached hydrogens (tertiary/aromatic N) is 2. The first kappa shape index (κ1) is 24.8. The largest absolute Gasteiger partial charge is 0.497 e. The van der Waals surface area contributed by atoms with E-state index >= 15 is 0 Å². The van der Waals surface area contributed by atoms with Crippen LogP contribution in [-0.2, 0) is 6.54 Å². The van der Waals surface area contributed by atoms with Crippen LogP contribution in [0.1, 0.15) is 57.7 Å². The van der Waals surface area contributed by atoms with Gasteiger partial charge in [0.15, 0.2) is 0 Å². The molecule has 0 saturated heterocycles. The van der Waals surface area contributed by atoms with Crippen molar-refractivity contribution in [3.8, 4) is 5.75 Å². The van der Waals surface area contributed by atoms with Crippen molar-refractivity contribution in [1.82, 2.24) is 4.90 Å². The average Bonchev–Trinajstić information content (AvgIpc) is 3.43. The number of hydrogen-bond donors (Lipinski definition) is 1. The van der Waals surface area contributed by atoms with E-state index in [1.54, 1.807) is 7.11 Å².